The number of benzene rings is 1. The van der Waals surface area contributed by atoms with Crippen LogP contribution >= 0.6 is 23.2 Å². The zero-order valence-corrected chi connectivity index (χ0v) is 13.2. The van der Waals surface area contributed by atoms with Crippen LogP contribution in [0, 0.1) is 0 Å². The van der Waals surface area contributed by atoms with Gasteiger partial charge in [0.15, 0.2) is 0 Å². The molecule has 2 rings (SSSR count). The molecule has 0 spiro atoms. The molecule has 0 aliphatic carbocycles. The summed E-state index contributed by atoms with van der Waals surface area (Å²) in [5, 5.41) is 17.8. The van der Waals surface area contributed by atoms with Crippen LogP contribution in [0.5, 0.6) is 0 Å². The van der Waals surface area contributed by atoms with E-state index in [0.717, 1.165) is 19.3 Å². The lowest BCUT2D eigenvalue weighted by molar-refractivity contribution is -0.126. The van der Waals surface area contributed by atoms with Crippen molar-refractivity contribution in [2.45, 2.75) is 31.9 Å². The summed E-state index contributed by atoms with van der Waals surface area (Å²) in [6, 6.07) is 5.22. The van der Waals surface area contributed by atoms with E-state index >= 15 is 0 Å². The zero-order chi connectivity index (χ0) is 16.5. The van der Waals surface area contributed by atoms with Crippen LogP contribution in [0.4, 0.5) is 4.79 Å². The summed E-state index contributed by atoms with van der Waals surface area (Å²) in [4.78, 5) is 20.4. The maximum atomic E-state index is 11.9. The molecule has 122 valence electrons. The fourth-order valence-corrected chi connectivity index (χ4v) is 2.48. The van der Waals surface area contributed by atoms with Crippen LogP contribution < -0.4 is 5.32 Å². The number of hydrogen-bond acceptors (Lipinski definition) is 3. The van der Waals surface area contributed by atoms with Gasteiger partial charge < -0.3 is 20.3 Å². The van der Waals surface area contributed by atoms with Crippen molar-refractivity contribution in [3.63, 3.8) is 0 Å². The van der Waals surface area contributed by atoms with Gasteiger partial charge in [-0.1, -0.05) is 29.3 Å². The molecule has 3 N–H and O–H groups in total. The summed E-state index contributed by atoms with van der Waals surface area (Å²) in [7, 11) is 0. The minimum atomic E-state index is -1.83. The molecule has 0 radical (unpaired) electrons. The first-order chi connectivity index (χ1) is 10.4. The molecule has 1 aliphatic rings. The van der Waals surface area contributed by atoms with Gasteiger partial charge in [0.1, 0.15) is 6.23 Å². The second kappa shape index (κ2) is 9.50. The van der Waals surface area contributed by atoms with E-state index < -0.39 is 6.16 Å². The summed E-state index contributed by atoms with van der Waals surface area (Å²) >= 11 is 12.0. The van der Waals surface area contributed by atoms with Gasteiger partial charge in [0, 0.05) is 16.7 Å². The first kappa shape index (κ1) is 18.5. The lowest BCUT2D eigenvalue weighted by Crippen LogP contribution is -2.39. The summed E-state index contributed by atoms with van der Waals surface area (Å²) < 4.78 is 5.45. The van der Waals surface area contributed by atoms with Crippen molar-refractivity contribution in [3.8, 4) is 0 Å². The number of carboxylic acid groups (broad SMARTS) is 2. The van der Waals surface area contributed by atoms with Crippen molar-refractivity contribution in [1.82, 2.24) is 5.32 Å². The fourth-order valence-electron chi connectivity index (χ4n) is 1.95. The van der Waals surface area contributed by atoms with Crippen LogP contribution in [-0.2, 0) is 16.0 Å². The first-order valence-electron chi connectivity index (χ1n) is 6.66. The topological polar surface area (TPSA) is 95.9 Å². The molecule has 0 bridgehead atoms. The standard InChI is InChI=1S/C13H15Cl2NO2.CH2O3/c14-10-4-3-5-11(15)9(10)8-12(17)16-13-6-1-2-7-18-13;2-1(3)4/h3-5,13H,1-2,6-8H2,(H,16,17);(H2,2,3,4). The first-order valence-corrected chi connectivity index (χ1v) is 7.41. The number of hydrogen-bond donors (Lipinski definition) is 3. The van der Waals surface area contributed by atoms with Crippen molar-refractivity contribution >= 4 is 35.3 Å². The maximum absolute atomic E-state index is 11.9. The molecule has 1 saturated heterocycles. The van der Waals surface area contributed by atoms with Crippen LogP contribution in [0.25, 0.3) is 0 Å². The summed E-state index contributed by atoms with van der Waals surface area (Å²) in [5.74, 6) is -0.114. The Kier molecular flexibility index (Phi) is 8.01. The molecular formula is C14H17Cl2NO5. The predicted molar refractivity (Wildman–Crippen MR) is 82.6 cm³/mol. The second-order valence-corrected chi connectivity index (χ2v) is 5.40. The number of carbonyl (C=O) groups is 2. The Balaban J connectivity index is 0.000000541. The van der Waals surface area contributed by atoms with Gasteiger partial charge >= 0.3 is 6.16 Å². The Morgan fingerprint density at radius 3 is 2.32 bits per heavy atom. The molecule has 1 aromatic carbocycles. The van der Waals surface area contributed by atoms with E-state index in [1.165, 1.54) is 0 Å². The molecule has 8 heteroatoms. The molecule has 22 heavy (non-hydrogen) atoms. The lowest BCUT2D eigenvalue weighted by atomic mass is 10.1. The van der Waals surface area contributed by atoms with Crippen LogP contribution in [0.2, 0.25) is 10.0 Å². The molecule has 1 aromatic rings. The van der Waals surface area contributed by atoms with Gasteiger partial charge in [0.05, 0.1) is 6.42 Å². The third kappa shape index (κ3) is 6.98. The Bertz CT molecular complexity index is 494. The highest BCUT2D eigenvalue weighted by atomic mass is 35.5. The van der Waals surface area contributed by atoms with Crippen LogP contribution in [0.1, 0.15) is 24.8 Å². The van der Waals surface area contributed by atoms with E-state index in [9.17, 15) is 4.79 Å². The van der Waals surface area contributed by atoms with E-state index in [2.05, 4.69) is 5.32 Å². The Hall–Kier alpha value is -1.50. The summed E-state index contributed by atoms with van der Waals surface area (Å²) in [6.45, 7) is 0.706. The van der Waals surface area contributed by atoms with E-state index in [0.29, 0.717) is 22.2 Å². The van der Waals surface area contributed by atoms with Crippen LogP contribution in [-0.4, -0.2) is 35.1 Å². The van der Waals surface area contributed by atoms with Gasteiger partial charge in [-0.05, 0) is 37.0 Å². The molecule has 1 amide bonds. The summed E-state index contributed by atoms with van der Waals surface area (Å²) in [5.41, 5.74) is 0.661. The molecule has 1 heterocycles. The van der Waals surface area contributed by atoms with E-state index in [1.807, 2.05) is 0 Å². The minimum absolute atomic E-state index is 0.114. The highest BCUT2D eigenvalue weighted by Gasteiger charge is 2.17. The Morgan fingerprint density at radius 2 is 1.82 bits per heavy atom. The predicted octanol–water partition coefficient (Wildman–Crippen LogP) is 3.40. The molecule has 1 aliphatic heterocycles. The van der Waals surface area contributed by atoms with Gasteiger partial charge in [-0.15, -0.1) is 0 Å². The average Bonchev–Trinajstić information content (AvgIpc) is 2.43. The third-order valence-corrected chi connectivity index (χ3v) is 3.61. The molecule has 1 unspecified atom stereocenters. The third-order valence-electron chi connectivity index (χ3n) is 2.90. The minimum Gasteiger partial charge on any atom is -0.450 e. The quantitative estimate of drug-likeness (QED) is 0.776. The monoisotopic (exact) mass is 349 g/mol. The number of rotatable bonds is 3. The van der Waals surface area contributed by atoms with Gasteiger partial charge in [-0.2, -0.15) is 0 Å². The molecule has 6 nitrogen and oxygen atoms in total. The zero-order valence-electron chi connectivity index (χ0n) is 11.7. The maximum Gasteiger partial charge on any atom is 0.503 e. The smallest absolute Gasteiger partial charge is 0.450 e. The average molecular weight is 350 g/mol. The number of ether oxygens (including phenoxy) is 1. The van der Waals surface area contributed by atoms with E-state index in [-0.39, 0.29) is 18.6 Å². The van der Waals surface area contributed by atoms with E-state index in [4.69, 9.17) is 42.9 Å². The SMILES string of the molecule is O=C(Cc1c(Cl)cccc1Cl)NC1CCCCO1.O=C(O)O. The van der Waals surface area contributed by atoms with Crippen molar-refractivity contribution in [1.29, 1.82) is 0 Å². The highest BCUT2D eigenvalue weighted by molar-refractivity contribution is 6.36. The van der Waals surface area contributed by atoms with Gasteiger partial charge in [-0.3, -0.25) is 4.79 Å². The van der Waals surface area contributed by atoms with Crippen molar-refractivity contribution in [2.24, 2.45) is 0 Å². The highest BCUT2D eigenvalue weighted by Crippen LogP contribution is 2.24. The van der Waals surface area contributed by atoms with Crippen molar-refractivity contribution in [3.05, 3.63) is 33.8 Å². The van der Waals surface area contributed by atoms with Gasteiger partial charge in [0.2, 0.25) is 5.91 Å². The number of nitrogens with one attached hydrogen (secondary N) is 1. The van der Waals surface area contributed by atoms with Crippen molar-refractivity contribution in [2.75, 3.05) is 6.61 Å². The van der Waals surface area contributed by atoms with Crippen molar-refractivity contribution < 1.29 is 24.5 Å². The van der Waals surface area contributed by atoms with Gasteiger partial charge in [0.25, 0.3) is 0 Å². The number of carbonyl (C=O) groups excluding carboxylic acids is 1. The molecule has 1 atom stereocenters. The second-order valence-electron chi connectivity index (χ2n) is 4.58. The molecule has 0 saturated carbocycles. The molecule has 1 fully saturated rings. The van der Waals surface area contributed by atoms with E-state index in [1.54, 1.807) is 18.2 Å². The van der Waals surface area contributed by atoms with Crippen LogP contribution in [0.3, 0.4) is 0 Å². The molecule has 0 aromatic heterocycles. The van der Waals surface area contributed by atoms with Gasteiger partial charge in [-0.25, -0.2) is 4.79 Å². The largest absolute Gasteiger partial charge is 0.503 e. The summed E-state index contributed by atoms with van der Waals surface area (Å²) in [6.07, 6.45) is 1.17. The normalized spacial score (nSPS) is 17.1. The fraction of sp³-hybridized carbons (Fsp3) is 0.429. The molecular weight excluding hydrogens is 333 g/mol. The Morgan fingerprint density at radius 1 is 1.23 bits per heavy atom. The van der Waals surface area contributed by atoms with Crippen LogP contribution in [0.15, 0.2) is 18.2 Å². The number of amides is 1. The number of halogens is 2. The Labute approximate surface area is 138 Å². The lowest BCUT2D eigenvalue weighted by Gasteiger charge is -2.23.